The molecule has 460 valence electrons. The topological polar surface area (TPSA) is 354 Å². The van der Waals surface area contributed by atoms with Gasteiger partial charge in [-0.2, -0.15) is 0 Å². The molecule has 0 saturated carbocycles. The molecule has 22 nitrogen and oxygen atoms in total. The number of likely N-dealkylation sites (tertiary alicyclic amines) is 1. The number of H-pyrrole nitrogens is 1. The van der Waals surface area contributed by atoms with Crippen LogP contribution in [0.4, 0.5) is 11.4 Å². The number of para-hydroxylation sites is 2. The van der Waals surface area contributed by atoms with Gasteiger partial charge in [-0.25, -0.2) is 9.78 Å². The number of nitrogens with two attached hydrogens (primary N) is 4. The summed E-state index contributed by atoms with van der Waals surface area (Å²) >= 11 is 3.47. The number of hydrogen-bond donors (Lipinski definition) is 8. The van der Waals surface area contributed by atoms with Gasteiger partial charge in [0, 0.05) is 52.0 Å². The predicted octanol–water partition coefficient (Wildman–Crippen LogP) is 7.85. The predicted molar refractivity (Wildman–Crippen MR) is 325 cm³/mol. The van der Waals surface area contributed by atoms with Crippen LogP contribution < -0.4 is 33.6 Å². The molecule has 23 heteroatoms. The van der Waals surface area contributed by atoms with Crippen LogP contribution in [0, 0.1) is 33.4 Å². The molecule has 7 heterocycles. The largest absolute Gasteiger partial charge is 0.784 e. The van der Waals surface area contributed by atoms with Crippen LogP contribution >= 0.6 is 15.9 Å². The molecule has 3 aromatic rings. The summed E-state index contributed by atoms with van der Waals surface area (Å²) in [5.41, 5.74) is 20.9. The Labute approximate surface area is 493 Å². The lowest BCUT2D eigenvalue weighted by Crippen LogP contribution is -2.52. The molecule has 6 aliphatic rings. The highest BCUT2D eigenvalue weighted by Gasteiger charge is 2.53. The average molecular weight is 1210 g/mol. The number of hydrogen-bond acceptors (Lipinski definition) is 17. The van der Waals surface area contributed by atoms with Gasteiger partial charge < -0.3 is 84.1 Å². The maximum absolute atomic E-state index is 12.9. The number of carbonyl (C=O) groups is 5. The number of nitrogen functional groups attached to an aromatic ring is 2. The third kappa shape index (κ3) is 14.2. The van der Waals surface area contributed by atoms with Crippen molar-refractivity contribution >= 4 is 68.0 Å². The number of imidazole rings is 1. The van der Waals surface area contributed by atoms with E-state index in [1.165, 1.54) is 30.2 Å². The number of esters is 1. The van der Waals surface area contributed by atoms with E-state index >= 15 is 0 Å². The van der Waals surface area contributed by atoms with E-state index in [4.69, 9.17) is 27.9 Å². The zero-order chi connectivity index (χ0) is 61.9. The van der Waals surface area contributed by atoms with Crippen LogP contribution in [0.25, 0.3) is 11.0 Å². The molecular weight excluding hydrogens is 1120 g/mol. The summed E-state index contributed by atoms with van der Waals surface area (Å²) in [6.07, 6.45) is 9.12. The van der Waals surface area contributed by atoms with Crippen LogP contribution in [0.5, 0.6) is 0 Å². The van der Waals surface area contributed by atoms with Crippen LogP contribution in [0.1, 0.15) is 187 Å². The second kappa shape index (κ2) is 25.7. The van der Waals surface area contributed by atoms with E-state index < -0.39 is 39.9 Å². The van der Waals surface area contributed by atoms with Crippen molar-refractivity contribution in [3.8, 4) is 0 Å². The van der Waals surface area contributed by atoms with Crippen molar-refractivity contribution < 1.29 is 33.8 Å². The first-order valence-corrected chi connectivity index (χ1v) is 29.7. The number of benzene rings is 2. The van der Waals surface area contributed by atoms with Crippen molar-refractivity contribution in [2.75, 3.05) is 43.5 Å². The molecule has 6 saturated heterocycles. The molecule has 6 aliphatic heterocycles. The number of anilines is 2. The first-order chi connectivity index (χ1) is 37.8. The maximum atomic E-state index is 12.9. The number of primary amides is 2. The minimum atomic E-state index is -0.830. The Morgan fingerprint density at radius 3 is 1.60 bits per heavy atom. The fraction of sp³-hybridized carbons (Fsp3) is 0.695. The standard InChI is InChI=1S/C21H30N5O2.C14H25N2O3.C9H17BrNO.C8H13NO3.C7H9N3O/c1-19(2)11-13(20(3,4)26(19)28)12-21(9-6-10-23-21)18-24-15-8-5-7-14(17(22)27)16(15)25-18;1-12(2)8-10(13(3,4)16(12)19)9-14(11(17)18)6-5-7-15-14;1-8(2)5-7(6-10)9(3,4)11(8)12;1-6(10)9-5-3-4-7(9)8(11)12-2;8-5-3-1-2-4(6(5)9)7(10)11/h5,7-8,13,23H,6,9-12H2,1-4H3,(H2,22,27)(H,24,25);10,15H,5-9H2,1-4H3,(H,17,18);7H,5-6H2,1-4H3;7H,3-5H2,1-2H3;1-3H,8-9H2,(H2,10,11)/q3*-1;;/t13?,21-;10?,14-;;7-;/m11.0./s1. The van der Waals surface area contributed by atoms with Crippen molar-refractivity contribution in [1.82, 2.24) is 40.7 Å². The maximum Gasteiger partial charge on any atom is 0.328 e. The molecule has 1 aromatic heterocycles. The Bertz CT molecular complexity index is 2750. The molecule has 12 N–H and O–H groups in total. The van der Waals surface area contributed by atoms with Gasteiger partial charge >= 0.3 is 11.9 Å². The zero-order valence-corrected chi connectivity index (χ0v) is 52.5. The minimum Gasteiger partial charge on any atom is -0.784 e. The van der Waals surface area contributed by atoms with Gasteiger partial charge in [-0.05, 0) is 209 Å². The molecular formula is C59H94BrN12O10-3. The first kappa shape index (κ1) is 67.8. The number of aromatic nitrogens is 2. The van der Waals surface area contributed by atoms with Crippen LogP contribution in [0.3, 0.4) is 0 Å². The van der Waals surface area contributed by atoms with E-state index in [2.05, 4.69) is 36.3 Å². The fourth-order valence-corrected chi connectivity index (χ4v) is 14.7. The van der Waals surface area contributed by atoms with Crippen molar-refractivity contribution in [1.29, 1.82) is 0 Å². The number of amides is 3. The summed E-state index contributed by atoms with van der Waals surface area (Å²) in [4.78, 5) is 66.0. The molecule has 0 bridgehead atoms. The highest BCUT2D eigenvalue weighted by molar-refractivity contribution is 9.09. The minimum absolute atomic E-state index is 0.0529. The average Bonchev–Trinajstić information content (AvgIpc) is 4.05. The number of rotatable bonds is 10. The smallest absolute Gasteiger partial charge is 0.328 e. The molecule has 9 rings (SSSR count). The fourth-order valence-electron chi connectivity index (χ4n) is 13.7. The number of fused-ring (bicyclic) bond motifs is 1. The monoisotopic (exact) mass is 1210 g/mol. The third-order valence-corrected chi connectivity index (χ3v) is 19.3. The highest BCUT2D eigenvalue weighted by atomic mass is 79.9. The number of ether oxygens (including phenoxy) is 1. The van der Waals surface area contributed by atoms with Gasteiger partial charge in [0.2, 0.25) is 5.91 Å². The van der Waals surface area contributed by atoms with Crippen LogP contribution in [-0.4, -0.2) is 142 Å². The lowest BCUT2D eigenvalue weighted by atomic mass is 9.76. The number of nitrogens with zero attached hydrogens (tertiary/aromatic N) is 5. The van der Waals surface area contributed by atoms with Crippen LogP contribution in [-0.2, 0) is 24.7 Å². The third-order valence-electron chi connectivity index (χ3n) is 18.5. The number of halogens is 1. The van der Waals surface area contributed by atoms with Gasteiger partial charge in [-0.1, -0.05) is 28.1 Å². The summed E-state index contributed by atoms with van der Waals surface area (Å²) in [5.74, 6) is -0.533. The van der Waals surface area contributed by atoms with Crippen molar-refractivity contribution in [3.05, 3.63) is 69.0 Å². The van der Waals surface area contributed by atoms with Crippen LogP contribution in [0.2, 0.25) is 0 Å². The van der Waals surface area contributed by atoms with Crippen LogP contribution in [0.15, 0.2) is 36.4 Å². The second-order valence-corrected chi connectivity index (χ2v) is 27.4. The van der Waals surface area contributed by atoms with Gasteiger partial charge in [0.1, 0.15) is 22.9 Å². The Balaban J connectivity index is 0.000000199. The lowest BCUT2D eigenvalue weighted by molar-refractivity contribution is -0.150. The second-order valence-electron chi connectivity index (χ2n) is 26.8. The van der Waals surface area contributed by atoms with E-state index in [1.54, 1.807) is 23.1 Å². The summed E-state index contributed by atoms with van der Waals surface area (Å²) < 4.78 is 4.58. The Hall–Kier alpha value is -4.98. The Kier molecular flexibility index (Phi) is 21.3. The number of carbonyl (C=O) groups excluding carboxylic acids is 4. The van der Waals surface area contributed by atoms with Crippen molar-refractivity contribution in [2.24, 2.45) is 29.2 Å². The Morgan fingerprint density at radius 1 is 0.707 bits per heavy atom. The van der Waals surface area contributed by atoms with Gasteiger partial charge in [0.25, 0.3) is 11.8 Å². The SMILES string of the molecule is CC1(C)CC(CBr)C(C)(C)N1[O-].CC1(C)CC(C[C@@]2(C(=O)O)CCCN2)C(C)(C)N1[O-].CC1(C)CC(C[C@@]2(c3nc4c(C(N)=O)cccc4[nH]3)CCCN2)C(C)(C)N1[O-].COC(=O)[C@@H]1CCCN1C(C)=O.NC(=O)c1cccc(N)c1N. The number of aromatic amines is 1. The van der Waals surface area contributed by atoms with E-state index in [0.717, 1.165) is 92.6 Å². The van der Waals surface area contributed by atoms with Gasteiger partial charge in [-0.15, -0.1) is 0 Å². The number of carboxylic acids is 1. The molecule has 3 amide bonds. The molecule has 2 aromatic carbocycles. The summed E-state index contributed by atoms with van der Waals surface area (Å²) in [5, 5.41) is 58.0. The molecule has 0 spiro atoms. The van der Waals surface area contributed by atoms with E-state index in [0.29, 0.717) is 42.1 Å². The molecule has 6 fully saturated rings. The quantitative estimate of drug-likeness (QED) is 0.0544. The number of alkyl halides is 1. The molecule has 0 radical (unpaired) electrons. The summed E-state index contributed by atoms with van der Waals surface area (Å²) in [6.45, 7) is 27.8. The van der Waals surface area contributed by atoms with E-state index in [1.807, 2.05) is 95.2 Å². The molecule has 0 aliphatic carbocycles. The molecule has 6 atom stereocenters. The van der Waals surface area contributed by atoms with Crippen molar-refractivity contribution in [3.63, 3.8) is 0 Å². The number of carboxylic acid groups (broad SMARTS) is 1. The van der Waals surface area contributed by atoms with Crippen molar-refractivity contribution in [2.45, 2.75) is 211 Å². The first-order valence-electron chi connectivity index (χ1n) is 28.6. The summed E-state index contributed by atoms with van der Waals surface area (Å²) in [7, 11) is 1.35. The number of aliphatic carboxylic acids is 1. The van der Waals surface area contributed by atoms with E-state index in [9.17, 15) is 44.7 Å². The number of nitrogens with one attached hydrogen (secondary N) is 3. The van der Waals surface area contributed by atoms with E-state index in [-0.39, 0.29) is 63.2 Å². The summed E-state index contributed by atoms with van der Waals surface area (Å²) in [6, 6.07) is 9.89. The number of hydroxylamine groups is 6. The van der Waals surface area contributed by atoms with Gasteiger partial charge in [0.15, 0.2) is 0 Å². The van der Waals surface area contributed by atoms with Gasteiger partial charge in [-0.3, -0.25) is 19.2 Å². The lowest BCUT2D eigenvalue weighted by Gasteiger charge is -2.48. The Morgan fingerprint density at radius 2 is 1.20 bits per heavy atom. The van der Waals surface area contributed by atoms with Gasteiger partial charge in [0.05, 0.1) is 40.7 Å². The molecule has 82 heavy (non-hydrogen) atoms. The highest BCUT2D eigenvalue weighted by Crippen LogP contribution is 2.51. The number of methoxy groups -OCH3 is 1. The zero-order valence-electron chi connectivity index (χ0n) is 50.9. The molecule has 3 unspecified atom stereocenters. The normalized spacial score (nSPS) is 28.3.